The van der Waals surface area contributed by atoms with Crippen molar-refractivity contribution in [2.24, 2.45) is 5.92 Å². The number of benzene rings is 2. The molecule has 0 aliphatic rings. The Labute approximate surface area is 145 Å². The number of esters is 1. The topological polar surface area (TPSA) is 79.4 Å². The first-order valence-electron chi connectivity index (χ1n) is 8.14. The number of hydrogen-bond acceptors (Lipinski definition) is 3. The molecular formula is C20H19NO4. The Kier molecular flexibility index (Phi) is 4.84. The number of aliphatic carboxylic acids is 1. The number of aromatic nitrogens is 1. The zero-order valence-corrected chi connectivity index (χ0v) is 13.8. The molecule has 0 bridgehead atoms. The molecule has 3 rings (SSSR count). The zero-order valence-electron chi connectivity index (χ0n) is 13.8. The number of fused-ring (bicyclic) bond motifs is 1. The molecule has 25 heavy (non-hydrogen) atoms. The summed E-state index contributed by atoms with van der Waals surface area (Å²) in [7, 11) is 0. The Morgan fingerprint density at radius 2 is 1.76 bits per heavy atom. The molecule has 0 radical (unpaired) electrons. The molecule has 2 N–H and O–H groups in total. The first-order chi connectivity index (χ1) is 12.1. The van der Waals surface area contributed by atoms with E-state index in [1.165, 1.54) is 0 Å². The van der Waals surface area contributed by atoms with Gasteiger partial charge in [-0.05, 0) is 24.1 Å². The average molecular weight is 337 g/mol. The van der Waals surface area contributed by atoms with Crippen LogP contribution in [-0.4, -0.2) is 28.6 Å². The maximum atomic E-state index is 12.4. The minimum atomic E-state index is -1.32. The summed E-state index contributed by atoms with van der Waals surface area (Å²) >= 11 is 0. The lowest BCUT2D eigenvalue weighted by Gasteiger charge is -2.23. The number of aromatic amines is 1. The Bertz CT molecular complexity index is 885. The third kappa shape index (κ3) is 3.26. The Hall–Kier alpha value is -3.08. The van der Waals surface area contributed by atoms with E-state index in [2.05, 4.69) is 4.98 Å². The van der Waals surface area contributed by atoms with Gasteiger partial charge in [-0.3, -0.25) is 9.59 Å². The van der Waals surface area contributed by atoms with Gasteiger partial charge >= 0.3 is 11.9 Å². The monoisotopic (exact) mass is 337 g/mol. The second-order valence-electron chi connectivity index (χ2n) is 5.75. The highest BCUT2D eigenvalue weighted by Crippen LogP contribution is 2.37. The van der Waals surface area contributed by atoms with Crippen LogP contribution in [0, 0.1) is 5.92 Å². The van der Waals surface area contributed by atoms with Crippen molar-refractivity contribution in [2.75, 3.05) is 6.61 Å². The second kappa shape index (κ2) is 7.21. The van der Waals surface area contributed by atoms with E-state index in [9.17, 15) is 14.7 Å². The molecule has 2 aromatic carbocycles. The smallest absolute Gasteiger partial charge is 0.321 e. The fourth-order valence-corrected chi connectivity index (χ4v) is 3.17. The predicted molar refractivity (Wildman–Crippen MR) is 94.3 cm³/mol. The normalized spacial score (nSPS) is 13.3. The molecule has 1 heterocycles. The molecule has 5 heteroatoms. The van der Waals surface area contributed by atoms with Crippen LogP contribution in [-0.2, 0) is 14.3 Å². The Balaban J connectivity index is 2.19. The fourth-order valence-electron chi connectivity index (χ4n) is 3.17. The van der Waals surface area contributed by atoms with E-state index in [4.69, 9.17) is 4.74 Å². The highest BCUT2D eigenvalue weighted by atomic mass is 16.5. The first kappa shape index (κ1) is 16.8. The highest BCUT2D eigenvalue weighted by Gasteiger charge is 2.39. The number of para-hydroxylation sites is 1. The number of H-pyrrole nitrogens is 1. The van der Waals surface area contributed by atoms with Crippen molar-refractivity contribution in [2.45, 2.75) is 12.8 Å². The average Bonchev–Trinajstić information content (AvgIpc) is 3.04. The van der Waals surface area contributed by atoms with Crippen LogP contribution in [0.4, 0.5) is 0 Å². The van der Waals surface area contributed by atoms with Crippen LogP contribution in [0.3, 0.4) is 0 Å². The van der Waals surface area contributed by atoms with E-state index in [-0.39, 0.29) is 6.61 Å². The summed E-state index contributed by atoms with van der Waals surface area (Å²) in [5.41, 5.74) is 2.42. The third-order valence-corrected chi connectivity index (χ3v) is 4.25. The van der Waals surface area contributed by atoms with Gasteiger partial charge in [-0.25, -0.2) is 0 Å². The number of carbonyl (C=O) groups excluding carboxylic acids is 1. The summed E-state index contributed by atoms with van der Waals surface area (Å²) in [5.74, 6) is -3.89. The van der Waals surface area contributed by atoms with Crippen molar-refractivity contribution >= 4 is 22.8 Å². The lowest BCUT2D eigenvalue weighted by molar-refractivity contribution is -0.159. The van der Waals surface area contributed by atoms with E-state index < -0.39 is 23.8 Å². The molecule has 0 saturated heterocycles. The van der Waals surface area contributed by atoms with Crippen molar-refractivity contribution in [3.63, 3.8) is 0 Å². The van der Waals surface area contributed by atoms with Crippen LogP contribution in [0.2, 0.25) is 0 Å². The van der Waals surface area contributed by atoms with Crippen molar-refractivity contribution in [3.8, 4) is 0 Å². The van der Waals surface area contributed by atoms with Crippen molar-refractivity contribution in [3.05, 3.63) is 71.9 Å². The van der Waals surface area contributed by atoms with Crippen molar-refractivity contribution < 1.29 is 19.4 Å². The molecule has 3 aromatic rings. The quantitative estimate of drug-likeness (QED) is 0.532. The lowest BCUT2D eigenvalue weighted by Crippen LogP contribution is -2.32. The van der Waals surface area contributed by atoms with Gasteiger partial charge in [0.25, 0.3) is 0 Å². The predicted octanol–water partition coefficient (Wildman–Crippen LogP) is 3.56. The highest BCUT2D eigenvalue weighted by molar-refractivity contribution is 5.97. The summed E-state index contributed by atoms with van der Waals surface area (Å²) in [6, 6.07) is 16.8. The lowest BCUT2D eigenvalue weighted by atomic mass is 9.80. The van der Waals surface area contributed by atoms with Gasteiger partial charge < -0.3 is 14.8 Å². The summed E-state index contributed by atoms with van der Waals surface area (Å²) in [5, 5.41) is 10.7. The van der Waals surface area contributed by atoms with E-state index in [1.54, 1.807) is 13.1 Å². The van der Waals surface area contributed by atoms with Crippen LogP contribution in [0.15, 0.2) is 60.8 Å². The van der Waals surface area contributed by atoms with Gasteiger partial charge in [-0.1, -0.05) is 48.5 Å². The van der Waals surface area contributed by atoms with Gasteiger partial charge in [0.15, 0.2) is 5.92 Å². The number of ether oxygens (including phenoxy) is 1. The van der Waals surface area contributed by atoms with Gasteiger partial charge in [0.05, 0.1) is 6.61 Å². The van der Waals surface area contributed by atoms with E-state index >= 15 is 0 Å². The van der Waals surface area contributed by atoms with E-state index in [0.717, 1.165) is 22.0 Å². The maximum absolute atomic E-state index is 12.4. The number of hydrogen-bond donors (Lipinski definition) is 2. The number of carboxylic acids is 1. The maximum Gasteiger partial charge on any atom is 0.321 e. The SMILES string of the molecule is CCOC(=O)C(C(=O)O)C(c1ccccc1)c1c[nH]c2ccccc12. The molecule has 1 aromatic heterocycles. The Morgan fingerprint density at radius 3 is 2.44 bits per heavy atom. The molecule has 0 aliphatic carbocycles. The molecule has 0 spiro atoms. The summed E-state index contributed by atoms with van der Waals surface area (Å²) < 4.78 is 5.05. The van der Waals surface area contributed by atoms with E-state index in [1.807, 2.05) is 54.6 Å². The molecule has 5 nitrogen and oxygen atoms in total. The molecule has 0 fully saturated rings. The van der Waals surface area contributed by atoms with Gasteiger partial charge in [-0.2, -0.15) is 0 Å². The van der Waals surface area contributed by atoms with Crippen LogP contribution in [0.1, 0.15) is 24.0 Å². The number of carbonyl (C=O) groups is 2. The van der Waals surface area contributed by atoms with Crippen molar-refractivity contribution in [1.82, 2.24) is 4.98 Å². The zero-order chi connectivity index (χ0) is 17.8. The van der Waals surface area contributed by atoms with Crippen LogP contribution in [0.5, 0.6) is 0 Å². The minimum absolute atomic E-state index is 0.137. The number of rotatable bonds is 6. The van der Waals surface area contributed by atoms with Crippen LogP contribution >= 0.6 is 0 Å². The van der Waals surface area contributed by atoms with Gasteiger partial charge in [0, 0.05) is 23.0 Å². The third-order valence-electron chi connectivity index (χ3n) is 4.25. The van der Waals surface area contributed by atoms with E-state index in [0.29, 0.717) is 0 Å². The van der Waals surface area contributed by atoms with Crippen LogP contribution in [0.25, 0.3) is 10.9 Å². The first-order valence-corrected chi connectivity index (χ1v) is 8.14. The molecule has 128 valence electrons. The fraction of sp³-hybridized carbons (Fsp3) is 0.200. The van der Waals surface area contributed by atoms with Crippen LogP contribution < -0.4 is 0 Å². The minimum Gasteiger partial charge on any atom is -0.481 e. The molecule has 0 saturated carbocycles. The molecule has 2 atom stereocenters. The van der Waals surface area contributed by atoms with Gasteiger partial charge in [0.1, 0.15) is 0 Å². The van der Waals surface area contributed by atoms with Gasteiger partial charge in [0.2, 0.25) is 0 Å². The standard InChI is InChI=1S/C20H19NO4/c1-2-25-20(24)18(19(22)23)17(13-8-4-3-5-9-13)15-12-21-16-11-7-6-10-14(15)16/h3-12,17-18,21H,2H2,1H3,(H,22,23). The largest absolute Gasteiger partial charge is 0.481 e. The van der Waals surface area contributed by atoms with Gasteiger partial charge in [-0.15, -0.1) is 0 Å². The molecule has 0 aliphatic heterocycles. The second-order valence-corrected chi connectivity index (χ2v) is 5.75. The summed E-state index contributed by atoms with van der Waals surface area (Å²) in [4.78, 5) is 27.5. The molecule has 0 amide bonds. The molecule has 2 unspecified atom stereocenters. The Morgan fingerprint density at radius 1 is 1.08 bits per heavy atom. The summed E-state index contributed by atoms with van der Waals surface area (Å²) in [6.45, 7) is 1.80. The number of nitrogens with one attached hydrogen (secondary N) is 1. The molecular weight excluding hydrogens is 318 g/mol. The van der Waals surface area contributed by atoms with Crippen molar-refractivity contribution in [1.29, 1.82) is 0 Å². The summed E-state index contributed by atoms with van der Waals surface area (Å²) in [6.07, 6.45) is 1.78. The number of carboxylic acid groups (broad SMARTS) is 1.